The van der Waals surface area contributed by atoms with Crippen LogP contribution in [-0.2, 0) is 17.7 Å². The summed E-state index contributed by atoms with van der Waals surface area (Å²) >= 11 is 0. The first kappa shape index (κ1) is 20.6. The molecule has 1 aromatic heterocycles. The van der Waals surface area contributed by atoms with E-state index < -0.39 is 0 Å². The fraction of sp³-hybridized carbons (Fsp3) is 0.522. The maximum Gasteiger partial charge on any atom is 0.337 e. The van der Waals surface area contributed by atoms with Gasteiger partial charge in [0.05, 0.1) is 25.3 Å². The SMILES string of the molecule is COC(=O)c1ccc2c(c1)CCN(c1cc(N[C@H](CO)C(C)C)nc(C3CC3)n1)C2. The van der Waals surface area contributed by atoms with Crippen LogP contribution < -0.4 is 10.2 Å². The van der Waals surface area contributed by atoms with Gasteiger partial charge in [0, 0.05) is 25.1 Å². The van der Waals surface area contributed by atoms with Crippen molar-refractivity contribution < 1.29 is 14.6 Å². The molecule has 2 N–H and O–H groups in total. The number of ether oxygens (including phenoxy) is 1. The molecule has 1 aliphatic heterocycles. The Morgan fingerprint density at radius 1 is 1.27 bits per heavy atom. The summed E-state index contributed by atoms with van der Waals surface area (Å²) in [7, 11) is 1.41. The topological polar surface area (TPSA) is 87.6 Å². The Balaban J connectivity index is 1.58. The average Bonchev–Trinajstić information content (AvgIpc) is 3.61. The van der Waals surface area contributed by atoms with Crippen molar-refractivity contribution in [1.82, 2.24) is 9.97 Å². The molecule has 7 nitrogen and oxygen atoms in total. The third kappa shape index (κ3) is 4.41. The zero-order valence-corrected chi connectivity index (χ0v) is 17.9. The van der Waals surface area contributed by atoms with E-state index in [1.807, 2.05) is 24.3 Å². The average molecular weight is 411 g/mol. The molecular weight excluding hydrogens is 380 g/mol. The molecule has 2 heterocycles. The molecule has 2 aliphatic rings. The Bertz CT molecular complexity index is 927. The number of nitrogens with one attached hydrogen (secondary N) is 1. The van der Waals surface area contributed by atoms with E-state index in [0.717, 1.165) is 49.8 Å². The molecule has 0 saturated heterocycles. The fourth-order valence-electron chi connectivity index (χ4n) is 3.82. The van der Waals surface area contributed by atoms with Crippen molar-refractivity contribution in [2.45, 2.75) is 51.6 Å². The summed E-state index contributed by atoms with van der Waals surface area (Å²) in [5.74, 6) is 3.02. The normalized spacial score (nSPS) is 16.9. The fourth-order valence-corrected chi connectivity index (χ4v) is 3.82. The van der Waals surface area contributed by atoms with E-state index in [2.05, 4.69) is 24.1 Å². The van der Waals surface area contributed by atoms with Crippen LogP contribution in [0.3, 0.4) is 0 Å². The Morgan fingerprint density at radius 2 is 2.07 bits per heavy atom. The molecule has 0 bridgehead atoms. The van der Waals surface area contributed by atoms with Crippen molar-refractivity contribution in [2.24, 2.45) is 5.92 Å². The lowest BCUT2D eigenvalue weighted by atomic mass is 9.97. The van der Waals surface area contributed by atoms with E-state index in [1.54, 1.807) is 0 Å². The van der Waals surface area contributed by atoms with Gasteiger partial charge in [0.2, 0.25) is 0 Å². The van der Waals surface area contributed by atoms with Crippen LogP contribution in [0.1, 0.15) is 59.9 Å². The van der Waals surface area contributed by atoms with E-state index in [4.69, 9.17) is 14.7 Å². The first-order chi connectivity index (χ1) is 14.5. The van der Waals surface area contributed by atoms with E-state index in [1.165, 1.54) is 18.2 Å². The number of hydrogen-bond acceptors (Lipinski definition) is 7. The first-order valence-electron chi connectivity index (χ1n) is 10.7. The van der Waals surface area contributed by atoms with E-state index in [-0.39, 0.29) is 18.6 Å². The number of esters is 1. The summed E-state index contributed by atoms with van der Waals surface area (Å²) in [6.45, 7) is 5.80. The Morgan fingerprint density at radius 3 is 2.73 bits per heavy atom. The molecule has 1 aromatic carbocycles. The molecule has 1 atom stereocenters. The van der Waals surface area contributed by atoms with Crippen LogP contribution >= 0.6 is 0 Å². The largest absolute Gasteiger partial charge is 0.465 e. The summed E-state index contributed by atoms with van der Waals surface area (Å²) < 4.78 is 4.84. The van der Waals surface area contributed by atoms with Crippen molar-refractivity contribution >= 4 is 17.6 Å². The molecule has 7 heteroatoms. The molecule has 2 aromatic rings. The van der Waals surface area contributed by atoms with Crippen LogP contribution in [0, 0.1) is 5.92 Å². The lowest BCUT2D eigenvalue weighted by Gasteiger charge is -2.31. The summed E-state index contributed by atoms with van der Waals surface area (Å²) in [6, 6.07) is 7.72. The number of carbonyl (C=O) groups excluding carboxylic acids is 1. The zero-order chi connectivity index (χ0) is 21.3. The Kier molecular flexibility index (Phi) is 5.90. The summed E-state index contributed by atoms with van der Waals surface area (Å²) in [5, 5.41) is 13.1. The Labute approximate surface area is 177 Å². The van der Waals surface area contributed by atoms with Gasteiger partial charge in [-0.1, -0.05) is 19.9 Å². The molecule has 0 amide bonds. The number of benzene rings is 1. The van der Waals surface area contributed by atoms with Crippen molar-refractivity contribution in [2.75, 3.05) is 30.5 Å². The first-order valence-corrected chi connectivity index (χ1v) is 10.7. The lowest BCUT2D eigenvalue weighted by Crippen LogP contribution is -2.33. The number of anilines is 2. The van der Waals surface area contributed by atoms with Crippen LogP contribution in [0.4, 0.5) is 11.6 Å². The zero-order valence-electron chi connectivity index (χ0n) is 17.9. The predicted molar refractivity (Wildman–Crippen MR) is 116 cm³/mol. The number of aliphatic hydroxyl groups excluding tert-OH is 1. The van der Waals surface area contributed by atoms with Crippen LogP contribution in [0.15, 0.2) is 24.3 Å². The molecule has 0 unspecified atom stereocenters. The third-order valence-electron chi connectivity index (χ3n) is 5.97. The minimum absolute atomic E-state index is 0.0429. The van der Waals surface area contributed by atoms with Crippen LogP contribution in [0.2, 0.25) is 0 Å². The second-order valence-electron chi connectivity index (χ2n) is 8.57. The molecule has 1 saturated carbocycles. The molecule has 1 fully saturated rings. The van der Waals surface area contributed by atoms with Crippen molar-refractivity contribution in [3.05, 3.63) is 46.8 Å². The molecule has 1 aliphatic carbocycles. The van der Waals surface area contributed by atoms with Gasteiger partial charge < -0.3 is 20.1 Å². The summed E-state index contributed by atoms with van der Waals surface area (Å²) in [5.41, 5.74) is 2.98. The smallest absolute Gasteiger partial charge is 0.337 e. The number of fused-ring (bicyclic) bond motifs is 1. The Hall–Kier alpha value is -2.67. The van der Waals surface area contributed by atoms with Crippen LogP contribution in [0.25, 0.3) is 0 Å². The summed E-state index contributed by atoms with van der Waals surface area (Å²) in [6.07, 6.45) is 3.11. The van der Waals surface area contributed by atoms with E-state index in [0.29, 0.717) is 17.4 Å². The number of aromatic nitrogens is 2. The number of aliphatic hydroxyl groups is 1. The van der Waals surface area contributed by atoms with Gasteiger partial charge in [-0.25, -0.2) is 14.8 Å². The van der Waals surface area contributed by atoms with Gasteiger partial charge in [-0.3, -0.25) is 0 Å². The van der Waals surface area contributed by atoms with Gasteiger partial charge in [0.1, 0.15) is 17.5 Å². The standard InChI is InChI=1S/C23H30N4O3/c1-14(2)19(13-28)24-20-11-21(26-22(25-20)15-4-5-15)27-9-8-16-10-17(23(29)30-3)6-7-18(16)12-27/h6-7,10-11,14-15,19,28H,4-5,8-9,12-13H2,1-3H3,(H,24,25,26)/t19-/m1/s1. The molecule has 160 valence electrons. The highest BCUT2D eigenvalue weighted by Crippen LogP contribution is 2.39. The third-order valence-corrected chi connectivity index (χ3v) is 5.97. The minimum Gasteiger partial charge on any atom is -0.465 e. The van der Waals surface area contributed by atoms with Gasteiger partial charge in [-0.15, -0.1) is 0 Å². The number of carbonyl (C=O) groups is 1. The second-order valence-corrected chi connectivity index (χ2v) is 8.57. The highest BCUT2D eigenvalue weighted by molar-refractivity contribution is 5.89. The van der Waals surface area contributed by atoms with Crippen LogP contribution in [0.5, 0.6) is 0 Å². The second kappa shape index (κ2) is 8.60. The molecule has 0 radical (unpaired) electrons. The van der Waals surface area contributed by atoms with Crippen molar-refractivity contribution in [3.63, 3.8) is 0 Å². The van der Waals surface area contributed by atoms with Gasteiger partial charge in [0.25, 0.3) is 0 Å². The number of rotatable bonds is 7. The van der Waals surface area contributed by atoms with Gasteiger partial charge in [0.15, 0.2) is 0 Å². The highest BCUT2D eigenvalue weighted by atomic mass is 16.5. The van der Waals surface area contributed by atoms with Crippen molar-refractivity contribution in [3.8, 4) is 0 Å². The maximum atomic E-state index is 11.8. The highest BCUT2D eigenvalue weighted by Gasteiger charge is 2.29. The minimum atomic E-state index is -0.301. The number of methoxy groups -OCH3 is 1. The van der Waals surface area contributed by atoms with Crippen molar-refractivity contribution in [1.29, 1.82) is 0 Å². The molecular formula is C23H30N4O3. The number of nitrogens with zero attached hydrogens (tertiary/aromatic N) is 3. The van der Waals surface area contributed by atoms with E-state index >= 15 is 0 Å². The molecule has 4 rings (SSSR count). The monoisotopic (exact) mass is 410 g/mol. The molecule has 0 spiro atoms. The number of hydrogen-bond donors (Lipinski definition) is 2. The quantitative estimate of drug-likeness (QED) is 0.678. The lowest BCUT2D eigenvalue weighted by molar-refractivity contribution is 0.0600. The van der Waals surface area contributed by atoms with Gasteiger partial charge >= 0.3 is 5.97 Å². The van der Waals surface area contributed by atoms with Gasteiger partial charge in [-0.05, 0) is 48.4 Å². The van der Waals surface area contributed by atoms with Gasteiger partial charge in [-0.2, -0.15) is 0 Å². The predicted octanol–water partition coefficient (Wildman–Crippen LogP) is 3.13. The van der Waals surface area contributed by atoms with Crippen LogP contribution in [-0.4, -0.2) is 47.3 Å². The van der Waals surface area contributed by atoms with E-state index in [9.17, 15) is 9.90 Å². The molecule has 30 heavy (non-hydrogen) atoms. The maximum absolute atomic E-state index is 11.8. The summed E-state index contributed by atoms with van der Waals surface area (Å²) in [4.78, 5) is 23.7.